The van der Waals surface area contributed by atoms with Crippen molar-refractivity contribution >= 4 is 17.3 Å². The molecule has 0 atom stereocenters. The van der Waals surface area contributed by atoms with Gasteiger partial charge in [0.1, 0.15) is 5.75 Å². The Morgan fingerprint density at radius 3 is 2.25 bits per heavy atom. The van der Waals surface area contributed by atoms with Crippen molar-refractivity contribution in [2.24, 2.45) is 0 Å². The molecular formula is C24H21NO3. The Labute approximate surface area is 164 Å². The maximum Gasteiger partial charge on any atom is 0.195 e. The van der Waals surface area contributed by atoms with Crippen LogP contribution in [0.5, 0.6) is 5.75 Å². The SMILES string of the molecule is CCOc1ccc(C(=O)C=CNc2ccccc2C(=O)c2ccccc2)cc1. The van der Waals surface area contributed by atoms with Crippen molar-refractivity contribution in [1.82, 2.24) is 0 Å². The van der Waals surface area contributed by atoms with Crippen molar-refractivity contribution in [2.75, 3.05) is 11.9 Å². The summed E-state index contributed by atoms with van der Waals surface area (Å²) in [4.78, 5) is 25.0. The summed E-state index contributed by atoms with van der Waals surface area (Å²) in [5.74, 6) is 0.520. The van der Waals surface area contributed by atoms with E-state index in [1.807, 2.05) is 43.3 Å². The molecule has 0 aliphatic heterocycles. The average molecular weight is 371 g/mol. The molecule has 1 N–H and O–H groups in total. The third kappa shape index (κ3) is 4.74. The lowest BCUT2D eigenvalue weighted by Gasteiger charge is -2.08. The van der Waals surface area contributed by atoms with Crippen LogP contribution in [0.15, 0.2) is 91.1 Å². The number of benzene rings is 3. The average Bonchev–Trinajstić information content (AvgIpc) is 2.75. The Balaban J connectivity index is 1.70. The molecule has 0 heterocycles. The van der Waals surface area contributed by atoms with Gasteiger partial charge in [-0.05, 0) is 43.3 Å². The number of allylic oxidation sites excluding steroid dienone is 1. The van der Waals surface area contributed by atoms with Crippen LogP contribution in [0, 0.1) is 0 Å². The minimum atomic E-state index is -0.137. The van der Waals surface area contributed by atoms with E-state index in [9.17, 15) is 9.59 Å². The summed E-state index contributed by atoms with van der Waals surface area (Å²) in [6.07, 6.45) is 3.00. The Bertz CT molecular complexity index is 976. The minimum Gasteiger partial charge on any atom is -0.494 e. The highest BCUT2D eigenvalue weighted by Gasteiger charge is 2.12. The first-order valence-corrected chi connectivity index (χ1v) is 9.08. The number of ketones is 2. The quantitative estimate of drug-likeness (QED) is 0.441. The predicted octanol–water partition coefficient (Wildman–Crippen LogP) is 5.12. The van der Waals surface area contributed by atoms with Crippen LogP contribution < -0.4 is 10.1 Å². The van der Waals surface area contributed by atoms with E-state index in [1.165, 1.54) is 6.08 Å². The van der Waals surface area contributed by atoms with Crippen molar-refractivity contribution in [1.29, 1.82) is 0 Å². The van der Waals surface area contributed by atoms with E-state index in [0.29, 0.717) is 29.0 Å². The first kappa shape index (κ1) is 19.1. The first-order valence-electron chi connectivity index (χ1n) is 9.08. The zero-order valence-electron chi connectivity index (χ0n) is 15.6. The van der Waals surface area contributed by atoms with Gasteiger partial charge < -0.3 is 10.1 Å². The molecule has 0 aromatic heterocycles. The van der Waals surface area contributed by atoms with Gasteiger partial charge in [0.15, 0.2) is 11.6 Å². The molecule has 0 saturated carbocycles. The van der Waals surface area contributed by atoms with E-state index in [0.717, 1.165) is 5.75 Å². The van der Waals surface area contributed by atoms with Crippen molar-refractivity contribution < 1.29 is 14.3 Å². The van der Waals surface area contributed by atoms with E-state index < -0.39 is 0 Å². The number of carbonyl (C=O) groups excluding carboxylic acids is 2. The summed E-state index contributed by atoms with van der Waals surface area (Å²) in [6, 6.07) is 23.3. The second-order valence-corrected chi connectivity index (χ2v) is 6.04. The smallest absolute Gasteiger partial charge is 0.195 e. The molecule has 0 aliphatic carbocycles. The molecule has 0 unspecified atom stereocenters. The standard InChI is InChI=1S/C24H21NO3/c1-2-28-20-14-12-18(13-15-20)23(26)16-17-25-22-11-7-6-10-21(22)24(27)19-8-4-3-5-9-19/h3-17,25H,2H2,1H3. The lowest BCUT2D eigenvalue weighted by molar-refractivity contribution is 0.103. The third-order valence-electron chi connectivity index (χ3n) is 4.13. The number of hydrogen-bond acceptors (Lipinski definition) is 4. The minimum absolute atomic E-state index is 0.0741. The number of hydrogen-bond donors (Lipinski definition) is 1. The van der Waals surface area contributed by atoms with E-state index in [2.05, 4.69) is 5.32 Å². The van der Waals surface area contributed by atoms with Crippen LogP contribution in [-0.4, -0.2) is 18.2 Å². The highest BCUT2D eigenvalue weighted by Crippen LogP contribution is 2.19. The van der Waals surface area contributed by atoms with Crippen LogP contribution in [0.4, 0.5) is 5.69 Å². The highest BCUT2D eigenvalue weighted by atomic mass is 16.5. The summed E-state index contributed by atoms with van der Waals surface area (Å²) in [6.45, 7) is 2.49. The van der Waals surface area contributed by atoms with Crippen LogP contribution in [0.3, 0.4) is 0 Å². The van der Waals surface area contributed by atoms with Crippen LogP contribution in [0.1, 0.15) is 33.2 Å². The molecule has 3 rings (SSSR count). The second kappa shape index (κ2) is 9.33. The fraction of sp³-hybridized carbons (Fsp3) is 0.0833. The monoisotopic (exact) mass is 371 g/mol. The number of carbonyl (C=O) groups is 2. The Kier molecular flexibility index (Phi) is 6.37. The molecule has 0 spiro atoms. The molecule has 0 amide bonds. The molecule has 3 aromatic carbocycles. The summed E-state index contributed by atoms with van der Waals surface area (Å²) in [7, 11) is 0. The highest BCUT2D eigenvalue weighted by molar-refractivity contribution is 6.12. The van der Waals surface area contributed by atoms with E-state index in [4.69, 9.17) is 4.74 Å². The number of ether oxygens (including phenoxy) is 1. The van der Waals surface area contributed by atoms with Gasteiger partial charge in [-0.2, -0.15) is 0 Å². The van der Waals surface area contributed by atoms with Crippen molar-refractivity contribution in [3.8, 4) is 5.75 Å². The maximum absolute atomic E-state index is 12.7. The summed E-state index contributed by atoms with van der Waals surface area (Å²) < 4.78 is 5.38. The Morgan fingerprint density at radius 1 is 0.857 bits per heavy atom. The van der Waals surface area contributed by atoms with Gasteiger partial charge >= 0.3 is 0 Å². The van der Waals surface area contributed by atoms with E-state index in [-0.39, 0.29) is 11.6 Å². The van der Waals surface area contributed by atoms with Gasteiger partial charge in [-0.1, -0.05) is 42.5 Å². The molecule has 4 heteroatoms. The van der Waals surface area contributed by atoms with E-state index >= 15 is 0 Å². The fourth-order valence-electron chi connectivity index (χ4n) is 2.74. The topological polar surface area (TPSA) is 55.4 Å². The van der Waals surface area contributed by atoms with Crippen LogP contribution >= 0.6 is 0 Å². The van der Waals surface area contributed by atoms with Crippen LogP contribution in [0.2, 0.25) is 0 Å². The molecule has 0 aliphatic rings. The third-order valence-corrected chi connectivity index (χ3v) is 4.13. The van der Waals surface area contributed by atoms with Gasteiger partial charge in [0.2, 0.25) is 0 Å². The zero-order valence-corrected chi connectivity index (χ0v) is 15.6. The number of anilines is 1. The normalized spacial score (nSPS) is 10.6. The molecule has 0 saturated heterocycles. The summed E-state index contributed by atoms with van der Waals surface area (Å²) in [5.41, 5.74) is 2.38. The van der Waals surface area contributed by atoms with Crippen molar-refractivity contribution in [3.63, 3.8) is 0 Å². The molecular weight excluding hydrogens is 350 g/mol. The molecule has 0 radical (unpaired) electrons. The Hall–Kier alpha value is -3.66. The molecule has 4 nitrogen and oxygen atoms in total. The fourth-order valence-corrected chi connectivity index (χ4v) is 2.74. The lowest BCUT2D eigenvalue weighted by atomic mass is 10.0. The summed E-state index contributed by atoms with van der Waals surface area (Å²) in [5, 5.41) is 3.05. The second-order valence-electron chi connectivity index (χ2n) is 6.04. The van der Waals surface area contributed by atoms with E-state index in [1.54, 1.807) is 48.7 Å². The number of rotatable bonds is 8. The van der Waals surface area contributed by atoms with Gasteiger partial charge in [-0.3, -0.25) is 9.59 Å². The van der Waals surface area contributed by atoms with Crippen LogP contribution in [0.25, 0.3) is 0 Å². The predicted molar refractivity (Wildman–Crippen MR) is 111 cm³/mol. The lowest BCUT2D eigenvalue weighted by Crippen LogP contribution is -2.05. The van der Waals surface area contributed by atoms with Crippen molar-refractivity contribution in [2.45, 2.75) is 6.92 Å². The van der Waals surface area contributed by atoms with Gasteiger partial charge in [-0.25, -0.2) is 0 Å². The summed E-state index contributed by atoms with van der Waals surface area (Å²) >= 11 is 0. The van der Waals surface area contributed by atoms with Gasteiger partial charge in [-0.15, -0.1) is 0 Å². The first-order chi connectivity index (χ1) is 13.7. The maximum atomic E-state index is 12.7. The molecule has 0 bridgehead atoms. The van der Waals surface area contributed by atoms with Crippen molar-refractivity contribution in [3.05, 3.63) is 108 Å². The largest absolute Gasteiger partial charge is 0.494 e. The molecule has 140 valence electrons. The van der Waals surface area contributed by atoms with Gasteiger partial charge in [0.05, 0.1) is 6.61 Å². The molecule has 28 heavy (non-hydrogen) atoms. The number of para-hydroxylation sites is 1. The number of nitrogens with one attached hydrogen (secondary N) is 1. The van der Waals surface area contributed by atoms with Gasteiger partial charge in [0, 0.05) is 34.7 Å². The zero-order chi connectivity index (χ0) is 19.8. The van der Waals surface area contributed by atoms with Gasteiger partial charge in [0.25, 0.3) is 0 Å². The Morgan fingerprint density at radius 2 is 1.54 bits per heavy atom. The molecule has 3 aromatic rings. The van der Waals surface area contributed by atoms with Crippen LogP contribution in [-0.2, 0) is 0 Å². The molecule has 0 fully saturated rings.